The molecule has 3 heterocycles. The van der Waals surface area contributed by atoms with Crippen LogP contribution in [0.4, 0.5) is 5.13 Å². The summed E-state index contributed by atoms with van der Waals surface area (Å²) in [5.74, 6) is 0. The first-order chi connectivity index (χ1) is 11.7. The van der Waals surface area contributed by atoms with E-state index in [-0.39, 0.29) is 5.69 Å². The number of piperazine rings is 1. The molecule has 1 aliphatic rings. The molecule has 1 aliphatic heterocycles. The van der Waals surface area contributed by atoms with Crippen LogP contribution < -0.4 is 10.6 Å². The van der Waals surface area contributed by atoms with Gasteiger partial charge in [-0.3, -0.25) is 4.57 Å². The van der Waals surface area contributed by atoms with Crippen molar-refractivity contribution < 1.29 is 0 Å². The first-order valence-electron chi connectivity index (χ1n) is 8.28. The van der Waals surface area contributed by atoms with E-state index in [1.54, 1.807) is 15.9 Å². The normalized spacial score (nSPS) is 16.2. The van der Waals surface area contributed by atoms with Gasteiger partial charge in [0.2, 0.25) is 0 Å². The molecule has 1 saturated heterocycles. The number of H-pyrrole nitrogens is 1. The van der Waals surface area contributed by atoms with Crippen molar-refractivity contribution in [2.45, 2.75) is 13.5 Å². The van der Waals surface area contributed by atoms with E-state index >= 15 is 0 Å². The molecule has 0 bridgehead atoms. The van der Waals surface area contributed by atoms with Gasteiger partial charge in [0.15, 0.2) is 5.13 Å². The summed E-state index contributed by atoms with van der Waals surface area (Å²) in [6.45, 7) is 6.79. The van der Waals surface area contributed by atoms with Crippen LogP contribution in [-0.4, -0.2) is 52.7 Å². The van der Waals surface area contributed by atoms with Gasteiger partial charge in [0.1, 0.15) is 0 Å². The van der Waals surface area contributed by atoms with Gasteiger partial charge in [-0.2, -0.15) is 0 Å². The van der Waals surface area contributed by atoms with E-state index in [1.165, 1.54) is 0 Å². The molecule has 2 aromatic heterocycles. The number of anilines is 1. The largest absolute Gasteiger partial charge is 0.346 e. The first kappa shape index (κ1) is 15.4. The fourth-order valence-corrected chi connectivity index (χ4v) is 4.12. The second-order valence-corrected chi connectivity index (χ2v) is 7.02. The molecule has 0 spiro atoms. The summed E-state index contributed by atoms with van der Waals surface area (Å²) in [4.78, 5) is 24.6. The van der Waals surface area contributed by atoms with Crippen LogP contribution in [0.15, 0.2) is 28.4 Å². The second kappa shape index (κ2) is 6.07. The fraction of sp³-hybridized carbons (Fsp3) is 0.412. The van der Waals surface area contributed by atoms with Crippen molar-refractivity contribution in [3.63, 3.8) is 0 Å². The van der Waals surface area contributed by atoms with Gasteiger partial charge in [-0.25, -0.2) is 9.78 Å². The molecule has 0 amide bonds. The number of aryl methyl sites for hydroxylation is 1. The summed E-state index contributed by atoms with van der Waals surface area (Å²) in [6.07, 6.45) is 0. The minimum absolute atomic E-state index is 0.0607. The lowest BCUT2D eigenvalue weighted by molar-refractivity contribution is 0.313. The standard InChI is InChI=1S/C17H21N5OS/c1-3-22-14-6-4-5-12(15(14)19-16(22)23)13-11-24-17(18-13)21-9-7-20(2)8-10-21/h4-6,11H,3,7-10H2,1-2H3,(H,19,23). The van der Waals surface area contributed by atoms with Gasteiger partial charge in [-0.1, -0.05) is 12.1 Å². The highest BCUT2D eigenvalue weighted by molar-refractivity contribution is 7.14. The number of para-hydroxylation sites is 1. The number of likely N-dealkylation sites (N-methyl/N-ethyl adjacent to an activating group) is 1. The van der Waals surface area contributed by atoms with E-state index in [0.717, 1.165) is 53.6 Å². The van der Waals surface area contributed by atoms with Crippen LogP contribution in [0.3, 0.4) is 0 Å². The number of benzene rings is 1. The van der Waals surface area contributed by atoms with Crippen molar-refractivity contribution in [2.24, 2.45) is 0 Å². The Balaban J connectivity index is 1.72. The Morgan fingerprint density at radius 3 is 2.79 bits per heavy atom. The zero-order chi connectivity index (χ0) is 16.7. The quantitative estimate of drug-likeness (QED) is 0.792. The Morgan fingerprint density at radius 1 is 1.25 bits per heavy atom. The maximum Gasteiger partial charge on any atom is 0.326 e. The van der Waals surface area contributed by atoms with E-state index in [9.17, 15) is 4.79 Å². The molecule has 1 fully saturated rings. The number of aromatic amines is 1. The second-order valence-electron chi connectivity index (χ2n) is 6.18. The molecule has 0 radical (unpaired) electrons. The van der Waals surface area contributed by atoms with Crippen molar-refractivity contribution >= 4 is 27.5 Å². The van der Waals surface area contributed by atoms with Gasteiger partial charge in [-0.05, 0) is 20.0 Å². The van der Waals surface area contributed by atoms with Gasteiger partial charge >= 0.3 is 5.69 Å². The van der Waals surface area contributed by atoms with Gasteiger partial charge in [0.25, 0.3) is 0 Å². The van der Waals surface area contributed by atoms with Crippen molar-refractivity contribution in [2.75, 3.05) is 38.1 Å². The maximum absolute atomic E-state index is 12.1. The number of thiazole rings is 1. The zero-order valence-electron chi connectivity index (χ0n) is 14.0. The van der Waals surface area contributed by atoms with Gasteiger partial charge < -0.3 is 14.8 Å². The summed E-state index contributed by atoms with van der Waals surface area (Å²) >= 11 is 1.67. The topological polar surface area (TPSA) is 57.2 Å². The molecular weight excluding hydrogens is 322 g/mol. The average molecular weight is 343 g/mol. The number of imidazole rings is 1. The third-order valence-electron chi connectivity index (χ3n) is 4.67. The molecule has 0 atom stereocenters. The molecule has 1 aromatic carbocycles. The SMILES string of the molecule is CCn1c(=O)[nH]c2c(-c3csc(N4CCN(C)CC4)n3)cccc21. The van der Waals surface area contributed by atoms with Crippen LogP contribution in [0.2, 0.25) is 0 Å². The van der Waals surface area contributed by atoms with Crippen molar-refractivity contribution in [3.05, 3.63) is 34.1 Å². The van der Waals surface area contributed by atoms with E-state index in [1.807, 2.05) is 25.1 Å². The molecular formula is C17H21N5OS. The molecule has 24 heavy (non-hydrogen) atoms. The third-order valence-corrected chi connectivity index (χ3v) is 5.57. The minimum atomic E-state index is -0.0607. The Bertz CT molecular complexity index is 917. The highest BCUT2D eigenvalue weighted by atomic mass is 32.1. The Morgan fingerprint density at radius 2 is 2.04 bits per heavy atom. The number of hydrogen-bond donors (Lipinski definition) is 1. The molecule has 4 rings (SSSR count). The number of hydrogen-bond acceptors (Lipinski definition) is 5. The Labute approximate surface area is 144 Å². The number of fused-ring (bicyclic) bond motifs is 1. The van der Waals surface area contributed by atoms with Crippen molar-refractivity contribution in [1.82, 2.24) is 19.4 Å². The first-order valence-corrected chi connectivity index (χ1v) is 9.16. The van der Waals surface area contributed by atoms with Crippen LogP contribution in [-0.2, 0) is 6.54 Å². The smallest absolute Gasteiger partial charge is 0.326 e. The molecule has 1 N–H and O–H groups in total. The average Bonchev–Trinajstić information content (AvgIpc) is 3.19. The van der Waals surface area contributed by atoms with Crippen LogP contribution in [0.1, 0.15) is 6.92 Å². The molecule has 3 aromatic rings. The molecule has 7 heteroatoms. The van der Waals surface area contributed by atoms with Gasteiger partial charge in [0, 0.05) is 43.7 Å². The molecule has 126 valence electrons. The van der Waals surface area contributed by atoms with E-state index in [2.05, 4.69) is 27.2 Å². The molecule has 0 unspecified atom stereocenters. The number of aromatic nitrogens is 3. The lowest BCUT2D eigenvalue weighted by Crippen LogP contribution is -2.44. The fourth-order valence-electron chi connectivity index (χ4n) is 3.24. The highest BCUT2D eigenvalue weighted by Gasteiger charge is 2.18. The number of nitrogens with zero attached hydrogens (tertiary/aromatic N) is 4. The predicted molar refractivity (Wildman–Crippen MR) is 99.1 cm³/mol. The summed E-state index contributed by atoms with van der Waals surface area (Å²) < 4.78 is 1.76. The van der Waals surface area contributed by atoms with Crippen LogP contribution >= 0.6 is 11.3 Å². The summed E-state index contributed by atoms with van der Waals surface area (Å²) in [6, 6.07) is 6.00. The zero-order valence-corrected chi connectivity index (χ0v) is 14.8. The third kappa shape index (κ3) is 2.53. The lowest BCUT2D eigenvalue weighted by Gasteiger charge is -2.32. The Hall–Kier alpha value is -2.12. The van der Waals surface area contributed by atoms with Crippen LogP contribution in [0.25, 0.3) is 22.3 Å². The van der Waals surface area contributed by atoms with Crippen LogP contribution in [0, 0.1) is 0 Å². The maximum atomic E-state index is 12.1. The van der Waals surface area contributed by atoms with Gasteiger partial charge in [-0.15, -0.1) is 11.3 Å². The number of nitrogens with one attached hydrogen (secondary N) is 1. The number of rotatable bonds is 3. The summed E-state index contributed by atoms with van der Waals surface area (Å²) in [5, 5.41) is 3.15. The molecule has 6 nitrogen and oxygen atoms in total. The lowest BCUT2D eigenvalue weighted by atomic mass is 10.1. The monoisotopic (exact) mass is 343 g/mol. The Kier molecular flexibility index (Phi) is 3.90. The van der Waals surface area contributed by atoms with E-state index in [4.69, 9.17) is 4.98 Å². The van der Waals surface area contributed by atoms with Crippen molar-refractivity contribution in [1.29, 1.82) is 0 Å². The minimum Gasteiger partial charge on any atom is -0.346 e. The van der Waals surface area contributed by atoms with Crippen LogP contribution in [0.5, 0.6) is 0 Å². The summed E-state index contributed by atoms with van der Waals surface area (Å²) in [7, 11) is 2.15. The van der Waals surface area contributed by atoms with E-state index < -0.39 is 0 Å². The van der Waals surface area contributed by atoms with E-state index in [0.29, 0.717) is 6.54 Å². The molecule has 0 aliphatic carbocycles. The van der Waals surface area contributed by atoms with Gasteiger partial charge in [0.05, 0.1) is 16.7 Å². The molecule has 0 saturated carbocycles. The predicted octanol–water partition coefficient (Wildman–Crippen LogP) is 2.22. The highest BCUT2D eigenvalue weighted by Crippen LogP contribution is 2.31. The summed E-state index contributed by atoms with van der Waals surface area (Å²) in [5.41, 5.74) is 3.68. The van der Waals surface area contributed by atoms with Crippen molar-refractivity contribution in [3.8, 4) is 11.3 Å².